The van der Waals surface area contributed by atoms with Gasteiger partial charge in [-0.15, -0.1) is 5.10 Å². The van der Waals surface area contributed by atoms with Gasteiger partial charge in [0, 0.05) is 18.0 Å². The van der Waals surface area contributed by atoms with Crippen molar-refractivity contribution in [2.45, 2.75) is 27.2 Å². The van der Waals surface area contributed by atoms with Gasteiger partial charge in [0.15, 0.2) is 17.5 Å². The molecule has 1 N–H and O–H groups in total. The van der Waals surface area contributed by atoms with Crippen LogP contribution >= 0.6 is 0 Å². The van der Waals surface area contributed by atoms with E-state index in [4.69, 9.17) is 0 Å². The van der Waals surface area contributed by atoms with E-state index in [0.717, 1.165) is 17.5 Å². The molecule has 0 amide bonds. The van der Waals surface area contributed by atoms with Crippen LogP contribution in [0.25, 0.3) is 11.1 Å². The van der Waals surface area contributed by atoms with Crippen molar-refractivity contribution >= 4 is 22.6 Å². The third-order valence-corrected chi connectivity index (χ3v) is 3.80. The molecule has 0 atom stereocenters. The van der Waals surface area contributed by atoms with Crippen molar-refractivity contribution in [3.63, 3.8) is 0 Å². The number of aromatic nitrogens is 4. The Morgan fingerprint density at radius 1 is 1.30 bits per heavy atom. The van der Waals surface area contributed by atoms with E-state index in [1.807, 2.05) is 50.4 Å². The summed E-state index contributed by atoms with van der Waals surface area (Å²) in [6, 6.07) is 5.34. The highest BCUT2D eigenvalue weighted by molar-refractivity contribution is 5.77. The maximum atomic E-state index is 14.0. The van der Waals surface area contributed by atoms with Crippen LogP contribution in [0.4, 0.5) is 15.9 Å². The molecule has 0 bridgehead atoms. The summed E-state index contributed by atoms with van der Waals surface area (Å²) in [6.45, 7) is 6.15. The fourth-order valence-corrected chi connectivity index (χ4v) is 2.55. The van der Waals surface area contributed by atoms with Gasteiger partial charge in [-0.05, 0) is 38.5 Å². The largest absolute Gasteiger partial charge is 0.336 e. The summed E-state index contributed by atoms with van der Waals surface area (Å²) in [5, 5.41) is 7.66. The van der Waals surface area contributed by atoms with Crippen LogP contribution in [0, 0.1) is 5.82 Å². The molecular weight excluding hydrogens is 341 g/mol. The summed E-state index contributed by atoms with van der Waals surface area (Å²) in [5.74, 6) is 0.666. The molecule has 0 aliphatic carbocycles. The molecule has 0 fully saturated rings. The molecule has 27 heavy (non-hydrogen) atoms. The van der Waals surface area contributed by atoms with Crippen molar-refractivity contribution in [1.82, 2.24) is 19.6 Å². The van der Waals surface area contributed by atoms with Crippen LogP contribution in [0.2, 0.25) is 0 Å². The average molecular weight is 363 g/mol. The molecule has 6 heteroatoms. The molecule has 3 rings (SSSR count). The van der Waals surface area contributed by atoms with Crippen LogP contribution in [-0.2, 0) is 0 Å². The average Bonchev–Trinajstić information content (AvgIpc) is 3.11. The lowest BCUT2D eigenvalue weighted by Gasteiger charge is -2.10. The van der Waals surface area contributed by atoms with Crippen molar-refractivity contribution in [2.24, 2.45) is 0 Å². The monoisotopic (exact) mass is 363 g/mol. The SMILES string of the molecule is CC/C=C(/C=C\C=C(C)C)c1nc(Nc2ccncc2F)c2cccn2n1. The molecule has 3 aromatic heterocycles. The summed E-state index contributed by atoms with van der Waals surface area (Å²) in [5.41, 5.74) is 3.20. The lowest BCUT2D eigenvalue weighted by Crippen LogP contribution is -2.06. The van der Waals surface area contributed by atoms with Gasteiger partial charge in [-0.25, -0.2) is 13.9 Å². The van der Waals surface area contributed by atoms with Gasteiger partial charge in [-0.1, -0.05) is 36.8 Å². The Hall–Kier alpha value is -3.28. The Labute approximate surface area is 158 Å². The summed E-state index contributed by atoms with van der Waals surface area (Å²) in [4.78, 5) is 8.44. The van der Waals surface area contributed by atoms with E-state index in [-0.39, 0.29) is 0 Å². The first kappa shape index (κ1) is 18.5. The Morgan fingerprint density at radius 3 is 2.89 bits per heavy atom. The zero-order valence-corrected chi connectivity index (χ0v) is 15.6. The fourth-order valence-electron chi connectivity index (χ4n) is 2.55. The highest BCUT2D eigenvalue weighted by Crippen LogP contribution is 2.24. The molecule has 0 unspecified atom stereocenters. The van der Waals surface area contributed by atoms with E-state index in [0.29, 0.717) is 17.3 Å². The van der Waals surface area contributed by atoms with E-state index >= 15 is 0 Å². The minimum Gasteiger partial charge on any atom is -0.336 e. The van der Waals surface area contributed by atoms with Gasteiger partial charge in [0.1, 0.15) is 5.52 Å². The highest BCUT2D eigenvalue weighted by atomic mass is 19.1. The van der Waals surface area contributed by atoms with Crippen LogP contribution in [0.15, 0.2) is 66.7 Å². The third kappa shape index (κ3) is 4.47. The molecule has 0 aliphatic rings. The summed E-state index contributed by atoms with van der Waals surface area (Å²) in [6.07, 6.45) is 13.5. The van der Waals surface area contributed by atoms with Crippen molar-refractivity contribution in [2.75, 3.05) is 5.32 Å². The number of halogens is 1. The number of hydrogen-bond acceptors (Lipinski definition) is 4. The molecule has 3 aromatic rings. The predicted octanol–water partition coefficient (Wildman–Crippen LogP) is 5.32. The molecular formula is C21H22FN5. The molecule has 0 saturated carbocycles. The normalized spacial score (nSPS) is 11.9. The molecule has 138 valence electrons. The van der Waals surface area contributed by atoms with Gasteiger partial charge in [0.05, 0.1) is 11.9 Å². The molecule has 5 nitrogen and oxygen atoms in total. The number of fused-ring (bicyclic) bond motifs is 1. The summed E-state index contributed by atoms with van der Waals surface area (Å²) >= 11 is 0. The van der Waals surface area contributed by atoms with E-state index in [9.17, 15) is 4.39 Å². The predicted molar refractivity (Wildman–Crippen MR) is 107 cm³/mol. The first-order valence-corrected chi connectivity index (χ1v) is 8.82. The lowest BCUT2D eigenvalue weighted by atomic mass is 10.2. The minimum absolute atomic E-state index is 0.318. The van der Waals surface area contributed by atoms with Gasteiger partial charge in [0.2, 0.25) is 0 Å². The standard InChI is InChI=1S/C21H22FN5/c1-4-7-16(9-5-8-15(2)3)20-25-21(19-10-6-13-27(19)26-20)24-18-11-12-23-14-17(18)22/h5-14H,4H2,1-3H3,(H,23,24,25,26)/b9-5-,16-7-. The van der Waals surface area contributed by atoms with Crippen LogP contribution in [0.5, 0.6) is 0 Å². The quantitative estimate of drug-likeness (QED) is 0.602. The third-order valence-electron chi connectivity index (χ3n) is 3.80. The van der Waals surface area contributed by atoms with E-state index in [1.54, 1.807) is 10.6 Å². The van der Waals surface area contributed by atoms with Crippen LogP contribution in [0.1, 0.15) is 33.0 Å². The first-order valence-electron chi connectivity index (χ1n) is 8.82. The second kappa shape index (κ2) is 8.40. The molecule has 0 aromatic carbocycles. The molecule has 0 aliphatic heterocycles. The minimum atomic E-state index is -0.435. The Kier molecular flexibility index (Phi) is 5.76. The van der Waals surface area contributed by atoms with Gasteiger partial charge in [-0.2, -0.15) is 0 Å². The van der Waals surface area contributed by atoms with Crippen LogP contribution in [0.3, 0.4) is 0 Å². The maximum Gasteiger partial charge on any atom is 0.181 e. The Balaban J connectivity index is 2.06. The molecule has 0 spiro atoms. The van der Waals surface area contributed by atoms with Crippen molar-refractivity contribution < 1.29 is 4.39 Å². The van der Waals surface area contributed by atoms with Gasteiger partial charge in [-0.3, -0.25) is 4.98 Å². The molecule has 3 heterocycles. The van der Waals surface area contributed by atoms with E-state index < -0.39 is 5.82 Å². The fraction of sp³-hybridized carbons (Fsp3) is 0.190. The summed E-state index contributed by atoms with van der Waals surface area (Å²) in [7, 11) is 0. The molecule has 0 radical (unpaired) electrons. The summed E-state index contributed by atoms with van der Waals surface area (Å²) < 4.78 is 15.8. The zero-order valence-electron chi connectivity index (χ0n) is 15.6. The number of rotatable bonds is 6. The lowest BCUT2D eigenvalue weighted by molar-refractivity contribution is 0.625. The topological polar surface area (TPSA) is 55.1 Å². The van der Waals surface area contributed by atoms with Gasteiger partial charge >= 0.3 is 0 Å². The Morgan fingerprint density at radius 2 is 2.15 bits per heavy atom. The highest BCUT2D eigenvalue weighted by Gasteiger charge is 2.12. The number of nitrogens with one attached hydrogen (secondary N) is 1. The molecule has 0 saturated heterocycles. The number of allylic oxidation sites excluding steroid dienone is 6. The second-order valence-electron chi connectivity index (χ2n) is 6.27. The number of anilines is 2. The second-order valence-corrected chi connectivity index (χ2v) is 6.27. The number of nitrogens with zero attached hydrogens (tertiary/aromatic N) is 4. The smallest absolute Gasteiger partial charge is 0.181 e. The number of hydrogen-bond donors (Lipinski definition) is 1. The van der Waals surface area contributed by atoms with Gasteiger partial charge in [0.25, 0.3) is 0 Å². The van der Waals surface area contributed by atoms with Crippen molar-refractivity contribution in [1.29, 1.82) is 0 Å². The van der Waals surface area contributed by atoms with Crippen molar-refractivity contribution in [3.8, 4) is 0 Å². The first-order chi connectivity index (χ1) is 13.1. The van der Waals surface area contributed by atoms with Crippen LogP contribution in [-0.4, -0.2) is 19.6 Å². The van der Waals surface area contributed by atoms with Crippen LogP contribution < -0.4 is 5.32 Å². The zero-order chi connectivity index (χ0) is 19.2. The van der Waals surface area contributed by atoms with Gasteiger partial charge < -0.3 is 5.32 Å². The van der Waals surface area contributed by atoms with E-state index in [2.05, 4.69) is 33.4 Å². The van der Waals surface area contributed by atoms with E-state index in [1.165, 1.54) is 18.0 Å². The maximum absolute atomic E-state index is 14.0. The number of pyridine rings is 1. The van der Waals surface area contributed by atoms with Crippen molar-refractivity contribution in [3.05, 3.63) is 78.3 Å². The Bertz CT molecular complexity index is 1030.